The number of alkyl halides is 3. The Kier molecular flexibility index (Phi) is 6.20. The van der Waals surface area contributed by atoms with Gasteiger partial charge in [-0.3, -0.25) is 9.80 Å². The summed E-state index contributed by atoms with van der Waals surface area (Å²) in [5.74, 6) is 0.258. The van der Waals surface area contributed by atoms with E-state index in [1.165, 1.54) is 6.07 Å². The number of nitrogens with one attached hydrogen (secondary N) is 1. The fraction of sp³-hybridized carbons (Fsp3) is 0.667. The minimum Gasteiger partial charge on any atom is -0.383 e. The largest absolute Gasteiger partial charge is 0.433 e. The SMILES string of the molecule is COCCN(C)C1CN(CCNc2cccc(C(F)(F)F)n2)C1. The van der Waals surface area contributed by atoms with Gasteiger partial charge in [-0.15, -0.1) is 0 Å². The van der Waals surface area contributed by atoms with E-state index in [4.69, 9.17) is 4.74 Å². The summed E-state index contributed by atoms with van der Waals surface area (Å²) in [6.07, 6.45) is -4.41. The summed E-state index contributed by atoms with van der Waals surface area (Å²) in [5, 5.41) is 2.95. The van der Waals surface area contributed by atoms with E-state index in [0.717, 1.165) is 38.9 Å². The number of anilines is 1. The molecule has 8 heteroatoms. The van der Waals surface area contributed by atoms with Gasteiger partial charge in [0.2, 0.25) is 0 Å². The Morgan fingerprint density at radius 1 is 1.39 bits per heavy atom. The highest BCUT2D eigenvalue weighted by molar-refractivity contribution is 5.35. The number of nitrogens with zero attached hydrogens (tertiary/aromatic N) is 3. The maximum atomic E-state index is 12.6. The highest BCUT2D eigenvalue weighted by Gasteiger charge is 2.32. The number of pyridine rings is 1. The lowest BCUT2D eigenvalue weighted by Crippen LogP contribution is -2.59. The van der Waals surface area contributed by atoms with Gasteiger partial charge in [-0.25, -0.2) is 4.98 Å². The van der Waals surface area contributed by atoms with E-state index in [-0.39, 0.29) is 5.82 Å². The van der Waals surface area contributed by atoms with Crippen molar-refractivity contribution in [2.24, 2.45) is 0 Å². The molecule has 0 spiro atoms. The van der Waals surface area contributed by atoms with Crippen LogP contribution in [-0.4, -0.2) is 74.3 Å². The second-order valence-electron chi connectivity index (χ2n) is 5.72. The smallest absolute Gasteiger partial charge is 0.383 e. The van der Waals surface area contributed by atoms with Gasteiger partial charge in [0.15, 0.2) is 0 Å². The van der Waals surface area contributed by atoms with Crippen molar-refractivity contribution in [3.05, 3.63) is 23.9 Å². The standard InChI is InChI=1S/C15H23F3N4O/c1-21(8-9-23-2)12-10-22(11-12)7-6-19-14-5-3-4-13(20-14)15(16,17)18/h3-5,12H,6-11H2,1-2H3,(H,19,20). The first kappa shape index (κ1) is 18.0. The predicted octanol–water partition coefficient (Wildman–Crippen LogP) is 1.77. The maximum Gasteiger partial charge on any atom is 0.433 e. The molecule has 5 nitrogen and oxygen atoms in total. The van der Waals surface area contributed by atoms with Crippen LogP contribution < -0.4 is 5.32 Å². The number of methoxy groups -OCH3 is 1. The molecule has 130 valence electrons. The first-order chi connectivity index (χ1) is 10.9. The Morgan fingerprint density at radius 3 is 2.78 bits per heavy atom. The lowest BCUT2D eigenvalue weighted by Gasteiger charge is -2.44. The summed E-state index contributed by atoms with van der Waals surface area (Å²) in [6, 6.07) is 4.41. The van der Waals surface area contributed by atoms with E-state index < -0.39 is 11.9 Å². The normalized spacial score (nSPS) is 16.6. The third-order valence-electron chi connectivity index (χ3n) is 3.98. The fourth-order valence-corrected chi connectivity index (χ4v) is 2.45. The van der Waals surface area contributed by atoms with Crippen LogP contribution in [0.5, 0.6) is 0 Å². The molecule has 1 N–H and O–H groups in total. The van der Waals surface area contributed by atoms with Crippen molar-refractivity contribution in [2.75, 3.05) is 58.8 Å². The van der Waals surface area contributed by atoms with E-state index in [1.807, 2.05) is 0 Å². The lowest BCUT2D eigenvalue weighted by molar-refractivity contribution is -0.141. The van der Waals surface area contributed by atoms with Gasteiger partial charge in [0.05, 0.1) is 6.61 Å². The van der Waals surface area contributed by atoms with E-state index in [1.54, 1.807) is 13.2 Å². The molecule has 1 fully saturated rings. The van der Waals surface area contributed by atoms with Crippen LogP contribution in [0, 0.1) is 0 Å². The van der Waals surface area contributed by atoms with Crippen molar-refractivity contribution in [3.8, 4) is 0 Å². The van der Waals surface area contributed by atoms with Gasteiger partial charge < -0.3 is 10.1 Å². The average Bonchev–Trinajstić information content (AvgIpc) is 2.46. The third kappa shape index (κ3) is 5.33. The van der Waals surface area contributed by atoms with Crippen molar-refractivity contribution in [2.45, 2.75) is 12.2 Å². The van der Waals surface area contributed by atoms with Crippen molar-refractivity contribution < 1.29 is 17.9 Å². The molecule has 0 atom stereocenters. The Hall–Kier alpha value is -1.38. The Bertz CT molecular complexity index is 492. The number of rotatable bonds is 8. The van der Waals surface area contributed by atoms with Gasteiger partial charge in [0.25, 0.3) is 0 Å². The summed E-state index contributed by atoms with van der Waals surface area (Å²) in [4.78, 5) is 8.11. The first-order valence-corrected chi connectivity index (χ1v) is 7.60. The number of ether oxygens (including phenoxy) is 1. The second kappa shape index (κ2) is 7.94. The van der Waals surface area contributed by atoms with Crippen LogP contribution in [0.3, 0.4) is 0 Å². The molecule has 0 bridgehead atoms. The number of halogens is 3. The van der Waals surface area contributed by atoms with Crippen molar-refractivity contribution in [1.82, 2.24) is 14.8 Å². The molecule has 0 saturated carbocycles. The summed E-state index contributed by atoms with van der Waals surface area (Å²) in [6.45, 7) is 4.92. The average molecular weight is 332 g/mol. The van der Waals surface area contributed by atoms with Gasteiger partial charge in [0, 0.05) is 45.9 Å². The number of aromatic nitrogens is 1. The van der Waals surface area contributed by atoms with E-state index in [0.29, 0.717) is 12.6 Å². The summed E-state index contributed by atoms with van der Waals surface area (Å²) < 4.78 is 42.8. The zero-order valence-electron chi connectivity index (χ0n) is 13.4. The van der Waals surface area contributed by atoms with Crippen LogP contribution in [-0.2, 0) is 10.9 Å². The molecule has 0 radical (unpaired) electrons. The second-order valence-corrected chi connectivity index (χ2v) is 5.72. The van der Waals surface area contributed by atoms with Crippen molar-refractivity contribution in [1.29, 1.82) is 0 Å². The van der Waals surface area contributed by atoms with Gasteiger partial charge in [-0.2, -0.15) is 13.2 Å². The molecule has 0 unspecified atom stereocenters. The molecule has 2 rings (SSSR count). The highest BCUT2D eigenvalue weighted by atomic mass is 19.4. The molecular formula is C15H23F3N4O. The van der Waals surface area contributed by atoms with Crippen LogP contribution in [0.15, 0.2) is 18.2 Å². The van der Waals surface area contributed by atoms with Crippen LogP contribution in [0.25, 0.3) is 0 Å². The third-order valence-corrected chi connectivity index (χ3v) is 3.98. The molecule has 1 aliphatic rings. The molecule has 1 aliphatic heterocycles. The lowest BCUT2D eigenvalue weighted by atomic mass is 10.1. The molecule has 0 amide bonds. The van der Waals surface area contributed by atoms with Gasteiger partial charge in [0.1, 0.15) is 11.5 Å². The predicted molar refractivity (Wildman–Crippen MR) is 82.5 cm³/mol. The van der Waals surface area contributed by atoms with Crippen LogP contribution in [0.1, 0.15) is 5.69 Å². The fourth-order valence-electron chi connectivity index (χ4n) is 2.45. The van der Waals surface area contributed by atoms with Crippen LogP contribution in [0.4, 0.5) is 19.0 Å². The molecule has 1 aromatic heterocycles. The van der Waals surface area contributed by atoms with Crippen molar-refractivity contribution >= 4 is 5.82 Å². The molecule has 2 heterocycles. The molecule has 0 aromatic carbocycles. The minimum absolute atomic E-state index is 0.258. The van der Waals surface area contributed by atoms with Crippen LogP contribution >= 0.6 is 0 Å². The maximum absolute atomic E-state index is 12.6. The number of likely N-dealkylation sites (tertiary alicyclic amines) is 1. The Labute approximate surface area is 134 Å². The summed E-state index contributed by atoms with van der Waals surface area (Å²) >= 11 is 0. The monoisotopic (exact) mass is 332 g/mol. The van der Waals surface area contributed by atoms with Crippen molar-refractivity contribution in [3.63, 3.8) is 0 Å². The topological polar surface area (TPSA) is 40.6 Å². The molecular weight excluding hydrogens is 309 g/mol. The van der Waals surface area contributed by atoms with Gasteiger partial charge in [-0.1, -0.05) is 6.07 Å². The Balaban J connectivity index is 1.67. The molecule has 0 aliphatic carbocycles. The quantitative estimate of drug-likeness (QED) is 0.786. The highest BCUT2D eigenvalue weighted by Crippen LogP contribution is 2.28. The van der Waals surface area contributed by atoms with Gasteiger partial charge >= 0.3 is 6.18 Å². The summed E-state index contributed by atoms with van der Waals surface area (Å²) in [5.41, 5.74) is -0.869. The van der Waals surface area contributed by atoms with Gasteiger partial charge in [-0.05, 0) is 19.2 Å². The number of hydrogen-bond acceptors (Lipinski definition) is 5. The summed E-state index contributed by atoms with van der Waals surface area (Å²) in [7, 11) is 3.76. The zero-order chi connectivity index (χ0) is 16.9. The number of hydrogen-bond donors (Lipinski definition) is 1. The molecule has 1 aromatic rings. The van der Waals surface area contributed by atoms with E-state index >= 15 is 0 Å². The zero-order valence-corrected chi connectivity index (χ0v) is 13.4. The number of likely N-dealkylation sites (N-methyl/N-ethyl adjacent to an activating group) is 1. The van der Waals surface area contributed by atoms with E-state index in [9.17, 15) is 13.2 Å². The molecule has 23 heavy (non-hydrogen) atoms. The first-order valence-electron chi connectivity index (χ1n) is 7.60. The Morgan fingerprint density at radius 2 is 2.13 bits per heavy atom. The molecule has 1 saturated heterocycles. The van der Waals surface area contributed by atoms with E-state index in [2.05, 4.69) is 27.1 Å². The minimum atomic E-state index is -4.41. The van der Waals surface area contributed by atoms with Crippen LogP contribution in [0.2, 0.25) is 0 Å².